The predicted molar refractivity (Wildman–Crippen MR) is 182 cm³/mol. The fraction of sp³-hybridized carbons (Fsp3) is 0.250. The zero-order valence-corrected chi connectivity index (χ0v) is 26.8. The maximum atomic E-state index is 7.21. The molecule has 0 N–H and O–H groups in total. The van der Waals surface area contributed by atoms with E-state index in [1.165, 1.54) is 0 Å². The summed E-state index contributed by atoms with van der Waals surface area (Å²) in [4.78, 5) is 0. The quantitative estimate of drug-likeness (QED) is 0.0999. The molecule has 234 valence electrons. The average Bonchev–Trinajstić information content (AvgIpc) is 3.68. The highest BCUT2D eigenvalue weighted by Gasteiger charge is 2.73. The van der Waals surface area contributed by atoms with Crippen LogP contribution in [-0.2, 0) is 37.8 Å². The molecule has 0 aromatic heterocycles. The Balaban J connectivity index is 1.25. The number of halogens is 2. The van der Waals surface area contributed by atoms with Crippen LogP contribution >= 0.6 is 23.2 Å². The van der Waals surface area contributed by atoms with Gasteiger partial charge in [-0.3, -0.25) is 0 Å². The van der Waals surface area contributed by atoms with E-state index in [0.717, 1.165) is 27.8 Å². The second-order valence-electron chi connectivity index (χ2n) is 11.9. The average molecular weight is 652 g/mol. The van der Waals surface area contributed by atoms with Crippen LogP contribution in [0.3, 0.4) is 0 Å². The van der Waals surface area contributed by atoms with E-state index in [-0.39, 0.29) is 12.5 Å². The topological polar surface area (TPSA) is 36.9 Å². The van der Waals surface area contributed by atoms with E-state index in [4.69, 9.17) is 42.1 Å². The Kier molecular flexibility index (Phi) is 9.28. The van der Waals surface area contributed by atoms with Gasteiger partial charge >= 0.3 is 0 Å². The number of rotatable bonds is 12. The van der Waals surface area contributed by atoms with E-state index in [1.807, 2.05) is 115 Å². The van der Waals surface area contributed by atoms with Crippen molar-refractivity contribution < 1.29 is 18.9 Å². The second-order valence-corrected chi connectivity index (χ2v) is 13.4. The molecule has 1 heterocycles. The molecule has 6 heteroatoms. The number of ether oxygens (including phenoxy) is 4. The molecule has 0 amide bonds. The molecule has 0 spiro atoms. The molecule has 4 nitrogen and oxygen atoms in total. The van der Waals surface area contributed by atoms with E-state index in [1.54, 1.807) is 0 Å². The summed E-state index contributed by atoms with van der Waals surface area (Å²) in [5.74, 6) is -0.237. The molecule has 2 aliphatic rings. The van der Waals surface area contributed by atoms with Crippen molar-refractivity contribution >= 4 is 23.2 Å². The van der Waals surface area contributed by atoms with E-state index in [0.29, 0.717) is 13.2 Å². The van der Waals surface area contributed by atoms with Gasteiger partial charge in [-0.2, -0.15) is 0 Å². The molecule has 0 unspecified atom stereocenters. The predicted octanol–water partition coefficient (Wildman–Crippen LogP) is 8.74. The highest BCUT2D eigenvalue weighted by Crippen LogP contribution is 2.61. The Labute approximate surface area is 280 Å². The molecule has 5 aromatic rings. The Bertz CT molecular complexity index is 1570. The van der Waals surface area contributed by atoms with Crippen LogP contribution < -0.4 is 0 Å². The Morgan fingerprint density at radius 3 is 1.37 bits per heavy atom. The van der Waals surface area contributed by atoms with Crippen molar-refractivity contribution in [3.05, 3.63) is 179 Å². The number of benzene rings is 5. The molecular formula is C40H36Cl2O4. The standard InChI is InChI=1S/C40H36Cl2O4/c41-40(42)35-37(44-27-30-18-8-2-9-19-30)36(43-26-29-16-6-1-7-17-29)34(46-38(35)40)28-45-39(31-20-10-3-11-21-31,32-22-12-4-13-23-32)33-24-14-5-15-25-33/h1-25,34-38H,26-28H2/t34-,35-,36-,37-,38+/m1/s1. The Morgan fingerprint density at radius 1 is 0.543 bits per heavy atom. The highest BCUT2D eigenvalue weighted by atomic mass is 35.5. The van der Waals surface area contributed by atoms with Gasteiger partial charge in [0, 0.05) is 0 Å². The van der Waals surface area contributed by atoms with Crippen LogP contribution in [0.15, 0.2) is 152 Å². The summed E-state index contributed by atoms with van der Waals surface area (Å²) in [6.45, 7) is 0.989. The van der Waals surface area contributed by atoms with Crippen LogP contribution in [0.1, 0.15) is 27.8 Å². The molecule has 1 saturated carbocycles. The zero-order valence-electron chi connectivity index (χ0n) is 25.3. The summed E-state index contributed by atoms with van der Waals surface area (Å²) in [5.41, 5.74) is 4.22. The summed E-state index contributed by atoms with van der Waals surface area (Å²) < 4.78 is 26.1. The van der Waals surface area contributed by atoms with E-state index < -0.39 is 34.4 Å². The third-order valence-corrected chi connectivity index (χ3v) is 9.92. The van der Waals surface area contributed by atoms with Crippen molar-refractivity contribution in [1.82, 2.24) is 0 Å². The van der Waals surface area contributed by atoms with Crippen molar-refractivity contribution in [2.45, 2.75) is 47.6 Å². The molecule has 46 heavy (non-hydrogen) atoms. The first kappa shape index (κ1) is 31.1. The molecule has 2 fully saturated rings. The van der Waals surface area contributed by atoms with Gasteiger partial charge in [0.25, 0.3) is 0 Å². The number of hydrogen-bond donors (Lipinski definition) is 0. The monoisotopic (exact) mass is 650 g/mol. The van der Waals surface area contributed by atoms with Crippen LogP contribution in [0.25, 0.3) is 0 Å². The maximum absolute atomic E-state index is 7.21. The lowest BCUT2D eigenvalue weighted by Gasteiger charge is -2.41. The SMILES string of the molecule is ClC1(Cl)[C@@H]2[C@@H](OCc3ccccc3)[C@H](OCc3ccccc3)[C@@H](COC(c3ccccc3)(c3ccccc3)c3ccccc3)O[C@@H]21. The first-order valence-corrected chi connectivity index (χ1v) is 16.5. The largest absolute Gasteiger partial charge is 0.370 e. The molecule has 5 aromatic carbocycles. The van der Waals surface area contributed by atoms with E-state index in [2.05, 4.69) is 36.4 Å². The van der Waals surface area contributed by atoms with E-state index in [9.17, 15) is 0 Å². The molecular weight excluding hydrogens is 615 g/mol. The van der Waals surface area contributed by atoms with Gasteiger partial charge in [0.2, 0.25) is 0 Å². The molecule has 0 radical (unpaired) electrons. The molecule has 0 bridgehead atoms. The van der Waals surface area contributed by atoms with Crippen LogP contribution in [0.5, 0.6) is 0 Å². The molecule has 1 aliphatic heterocycles. The van der Waals surface area contributed by atoms with Gasteiger partial charge in [0.05, 0.1) is 37.9 Å². The van der Waals surface area contributed by atoms with Crippen LogP contribution in [0.4, 0.5) is 0 Å². The van der Waals surface area contributed by atoms with Gasteiger partial charge in [-0.25, -0.2) is 0 Å². The summed E-state index contributed by atoms with van der Waals surface area (Å²) in [5, 5.41) is 0. The number of alkyl halides is 2. The third-order valence-electron chi connectivity index (χ3n) is 8.98. The van der Waals surface area contributed by atoms with Gasteiger partial charge < -0.3 is 18.9 Å². The van der Waals surface area contributed by atoms with Gasteiger partial charge in [-0.05, 0) is 27.8 Å². The molecule has 5 atom stereocenters. The van der Waals surface area contributed by atoms with Gasteiger partial charge in [0.1, 0.15) is 17.8 Å². The van der Waals surface area contributed by atoms with E-state index >= 15 is 0 Å². The molecule has 7 rings (SSSR count). The Hall–Kier alpha value is -3.48. The van der Waals surface area contributed by atoms with Crippen molar-refractivity contribution in [3.63, 3.8) is 0 Å². The van der Waals surface area contributed by atoms with Crippen LogP contribution in [0.2, 0.25) is 0 Å². The minimum Gasteiger partial charge on any atom is -0.370 e. The molecule has 1 aliphatic carbocycles. The smallest absolute Gasteiger partial charge is 0.152 e. The van der Waals surface area contributed by atoms with Gasteiger partial charge in [-0.1, -0.05) is 175 Å². The maximum Gasteiger partial charge on any atom is 0.152 e. The van der Waals surface area contributed by atoms with Gasteiger partial charge in [-0.15, -0.1) is 0 Å². The summed E-state index contributed by atoms with van der Waals surface area (Å²) in [7, 11) is 0. The van der Waals surface area contributed by atoms with Crippen molar-refractivity contribution in [3.8, 4) is 0 Å². The third kappa shape index (κ3) is 6.26. The minimum absolute atomic E-state index is 0.205. The first-order chi connectivity index (χ1) is 22.6. The van der Waals surface area contributed by atoms with Crippen molar-refractivity contribution in [2.75, 3.05) is 6.61 Å². The van der Waals surface area contributed by atoms with Crippen molar-refractivity contribution in [1.29, 1.82) is 0 Å². The lowest BCUT2D eigenvalue weighted by molar-refractivity contribution is -0.207. The summed E-state index contributed by atoms with van der Waals surface area (Å²) in [6, 6.07) is 51.2. The molecule has 1 saturated heterocycles. The second kappa shape index (κ2) is 13.7. The first-order valence-electron chi connectivity index (χ1n) is 15.7. The fourth-order valence-corrected chi connectivity index (χ4v) is 7.34. The summed E-state index contributed by atoms with van der Waals surface area (Å²) >= 11 is 13.8. The van der Waals surface area contributed by atoms with Crippen LogP contribution in [0, 0.1) is 5.92 Å². The number of hydrogen-bond acceptors (Lipinski definition) is 4. The lowest BCUT2D eigenvalue weighted by Crippen LogP contribution is -2.51. The fourth-order valence-electron chi connectivity index (χ4n) is 6.61. The van der Waals surface area contributed by atoms with Gasteiger partial charge in [0.15, 0.2) is 4.33 Å². The summed E-state index contributed by atoms with van der Waals surface area (Å²) in [6.07, 6.45) is -1.82. The highest BCUT2D eigenvalue weighted by molar-refractivity contribution is 6.51. The number of fused-ring (bicyclic) bond motifs is 1. The minimum atomic E-state index is -1.08. The van der Waals surface area contributed by atoms with Crippen molar-refractivity contribution in [2.24, 2.45) is 5.92 Å². The Morgan fingerprint density at radius 2 is 0.935 bits per heavy atom. The zero-order chi connectivity index (χ0) is 31.4. The normalized spacial score (nSPS) is 23.4. The van der Waals surface area contributed by atoms with Crippen LogP contribution in [-0.4, -0.2) is 35.4 Å². The lowest BCUT2D eigenvalue weighted by atomic mass is 9.80.